The Morgan fingerprint density at radius 2 is 1.38 bits per heavy atom. The lowest BCUT2D eigenvalue weighted by Crippen LogP contribution is -2.39. The van der Waals surface area contributed by atoms with Crippen LogP contribution in [0.15, 0.2) is 115 Å². The third kappa shape index (κ3) is 8.87. The average Bonchev–Trinajstić information content (AvgIpc) is 3.55. The normalized spacial score (nSPS) is 13.7. The van der Waals surface area contributed by atoms with E-state index in [1.807, 2.05) is 64.9 Å². The summed E-state index contributed by atoms with van der Waals surface area (Å²) in [5, 5.41) is 2.78. The number of carbonyl (C=O) groups is 1. The lowest BCUT2D eigenvalue weighted by atomic mass is 9.90. The molecule has 6 rings (SSSR count). The third-order valence-electron chi connectivity index (χ3n) is 8.30. The molecule has 1 fully saturated rings. The fourth-order valence-corrected chi connectivity index (χ4v) is 6.64. The molecule has 5 nitrogen and oxygen atoms in total. The number of halogens is 1. The van der Waals surface area contributed by atoms with Crippen LogP contribution >= 0.6 is 11.3 Å². The molecular formula is C38H38FN3O2S. The second-order valence-electron chi connectivity index (χ2n) is 11.7. The van der Waals surface area contributed by atoms with Crippen molar-refractivity contribution in [2.45, 2.75) is 45.5 Å². The number of amides is 1. The predicted octanol–water partition coefficient (Wildman–Crippen LogP) is 8.16. The van der Waals surface area contributed by atoms with Crippen LogP contribution < -0.4 is 4.74 Å². The summed E-state index contributed by atoms with van der Waals surface area (Å²) in [5.74, 6) is 1.20. The van der Waals surface area contributed by atoms with Crippen LogP contribution in [-0.4, -0.2) is 33.8 Å². The fourth-order valence-electron chi connectivity index (χ4n) is 5.83. The highest BCUT2D eigenvalue weighted by Gasteiger charge is 2.25. The van der Waals surface area contributed by atoms with E-state index in [2.05, 4.69) is 47.4 Å². The molecular weight excluding hydrogens is 582 g/mol. The van der Waals surface area contributed by atoms with Crippen LogP contribution in [0.1, 0.15) is 50.6 Å². The fraction of sp³-hybridized carbons (Fsp3) is 0.263. The van der Waals surface area contributed by atoms with Crippen molar-refractivity contribution in [3.8, 4) is 5.75 Å². The first kappa shape index (κ1) is 30.7. The van der Waals surface area contributed by atoms with Crippen LogP contribution in [0.2, 0.25) is 0 Å². The van der Waals surface area contributed by atoms with Crippen molar-refractivity contribution in [2.24, 2.45) is 5.92 Å². The van der Waals surface area contributed by atoms with E-state index in [0.717, 1.165) is 59.8 Å². The molecule has 2 heterocycles. The Balaban J connectivity index is 1.07. The van der Waals surface area contributed by atoms with E-state index < -0.39 is 0 Å². The molecule has 0 atom stereocenters. The molecule has 0 unspecified atom stereocenters. The van der Waals surface area contributed by atoms with Gasteiger partial charge < -0.3 is 9.64 Å². The van der Waals surface area contributed by atoms with Gasteiger partial charge in [-0.05, 0) is 71.7 Å². The van der Waals surface area contributed by atoms with Crippen LogP contribution in [0.4, 0.5) is 4.39 Å². The van der Waals surface area contributed by atoms with E-state index >= 15 is 0 Å². The summed E-state index contributed by atoms with van der Waals surface area (Å²) >= 11 is 1.52. The van der Waals surface area contributed by atoms with E-state index in [-0.39, 0.29) is 11.7 Å². The number of thiazole rings is 1. The molecule has 1 amide bonds. The van der Waals surface area contributed by atoms with Gasteiger partial charge in [-0.25, -0.2) is 9.37 Å². The topological polar surface area (TPSA) is 45.7 Å². The number of hydrogen-bond acceptors (Lipinski definition) is 5. The van der Waals surface area contributed by atoms with Gasteiger partial charge >= 0.3 is 0 Å². The lowest BCUT2D eigenvalue weighted by Gasteiger charge is -2.31. The summed E-state index contributed by atoms with van der Waals surface area (Å²) in [4.78, 5) is 22.4. The number of likely N-dealkylation sites (tertiary alicyclic amines) is 1. The Morgan fingerprint density at radius 1 is 0.778 bits per heavy atom. The minimum absolute atomic E-state index is 0.0202. The van der Waals surface area contributed by atoms with Crippen LogP contribution in [0.25, 0.3) is 0 Å². The van der Waals surface area contributed by atoms with E-state index in [0.29, 0.717) is 37.9 Å². The van der Waals surface area contributed by atoms with Crippen molar-refractivity contribution < 1.29 is 13.9 Å². The molecule has 0 radical (unpaired) electrons. The van der Waals surface area contributed by atoms with Crippen LogP contribution in [0.3, 0.4) is 0 Å². The molecule has 0 bridgehead atoms. The second-order valence-corrected chi connectivity index (χ2v) is 12.7. The van der Waals surface area contributed by atoms with Crippen molar-refractivity contribution in [2.75, 3.05) is 13.1 Å². The van der Waals surface area contributed by atoms with Crippen molar-refractivity contribution >= 4 is 17.2 Å². The Hall–Kier alpha value is -4.33. The van der Waals surface area contributed by atoms with Crippen molar-refractivity contribution in [3.63, 3.8) is 0 Å². The van der Waals surface area contributed by atoms with Gasteiger partial charge in [-0.3, -0.25) is 9.69 Å². The van der Waals surface area contributed by atoms with Gasteiger partial charge in [0.25, 0.3) is 5.91 Å². The summed E-state index contributed by atoms with van der Waals surface area (Å²) in [6.45, 7) is 3.95. The Labute approximate surface area is 268 Å². The molecule has 0 aliphatic carbocycles. The standard InChI is InChI=1S/C38H38FN3O2S/c39-34-15-11-31(12-16-34)24-41(25-32-13-17-35(18-14-32)44-27-33-9-5-2-6-10-33)26-37-40-36(28-45-37)38(43)42-21-19-30(20-22-42)23-29-7-3-1-4-8-29/h1-18,28,30H,19-27H2. The number of piperidine rings is 1. The van der Waals surface area contributed by atoms with Gasteiger partial charge in [0, 0.05) is 31.6 Å². The third-order valence-corrected chi connectivity index (χ3v) is 9.13. The summed E-state index contributed by atoms with van der Waals surface area (Å²) < 4.78 is 19.6. The summed E-state index contributed by atoms with van der Waals surface area (Å²) in [7, 11) is 0. The van der Waals surface area contributed by atoms with Crippen LogP contribution in [0.5, 0.6) is 5.75 Å². The van der Waals surface area contributed by atoms with Crippen molar-refractivity contribution in [3.05, 3.63) is 153 Å². The summed E-state index contributed by atoms with van der Waals surface area (Å²) in [6, 6.07) is 35.5. The molecule has 230 valence electrons. The zero-order valence-electron chi connectivity index (χ0n) is 25.4. The molecule has 4 aromatic carbocycles. The molecule has 1 aromatic heterocycles. The Morgan fingerprint density at radius 3 is 2.02 bits per heavy atom. The second kappa shape index (κ2) is 15.1. The summed E-state index contributed by atoms with van der Waals surface area (Å²) in [6.07, 6.45) is 3.09. The minimum Gasteiger partial charge on any atom is -0.489 e. The number of rotatable bonds is 12. The van der Waals surface area contributed by atoms with Gasteiger partial charge in [0.05, 0.1) is 6.54 Å². The molecule has 1 aliphatic heterocycles. The maximum Gasteiger partial charge on any atom is 0.273 e. The highest BCUT2D eigenvalue weighted by molar-refractivity contribution is 7.09. The number of hydrogen-bond donors (Lipinski definition) is 0. The van der Waals surface area contributed by atoms with E-state index in [1.165, 1.54) is 29.0 Å². The zero-order chi connectivity index (χ0) is 30.8. The van der Waals surface area contributed by atoms with E-state index in [4.69, 9.17) is 9.72 Å². The highest BCUT2D eigenvalue weighted by atomic mass is 32.1. The highest BCUT2D eigenvalue weighted by Crippen LogP contribution is 2.24. The number of benzene rings is 4. The van der Waals surface area contributed by atoms with Crippen molar-refractivity contribution in [1.82, 2.24) is 14.8 Å². The molecule has 0 saturated carbocycles. The SMILES string of the molecule is O=C(c1csc(CN(Cc2ccc(F)cc2)Cc2ccc(OCc3ccccc3)cc2)n1)N1CCC(Cc2ccccc2)CC1. The van der Waals surface area contributed by atoms with Crippen molar-refractivity contribution in [1.29, 1.82) is 0 Å². The number of carbonyl (C=O) groups excluding carboxylic acids is 1. The molecule has 45 heavy (non-hydrogen) atoms. The maximum absolute atomic E-state index is 13.6. The molecule has 0 N–H and O–H groups in total. The van der Waals surface area contributed by atoms with Gasteiger partial charge in [0.1, 0.15) is 28.9 Å². The largest absolute Gasteiger partial charge is 0.489 e. The van der Waals surface area contributed by atoms with Gasteiger partial charge in [-0.1, -0.05) is 84.9 Å². The van der Waals surface area contributed by atoms with E-state index in [9.17, 15) is 9.18 Å². The lowest BCUT2D eigenvalue weighted by molar-refractivity contribution is 0.0685. The maximum atomic E-state index is 13.6. The van der Waals surface area contributed by atoms with Gasteiger partial charge in [0.2, 0.25) is 0 Å². The first-order chi connectivity index (χ1) is 22.1. The van der Waals surface area contributed by atoms with Gasteiger partial charge in [-0.2, -0.15) is 0 Å². The quantitative estimate of drug-likeness (QED) is 0.141. The average molecular weight is 620 g/mol. The van der Waals surface area contributed by atoms with Crippen LogP contribution in [0, 0.1) is 11.7 Å². The number of nitrogens with zero attached hydrogens (tertiary/aromatic N) is 3. The minimum atomic E-state index is -0.247. The molecule has 1 aliphatic rings. The first-order valence-corrected chi connectivity index (χ1v) is 16.5. The molecule has 5 aromatic rings. The zero-order valence-corrected chi connectivity index (χ0v) is 26.2. The monoisotopic (exact) mass is 619 g/mol. The number of ether oxygens (including phenoxy) is 1. The molecule has 0 spiro atoms. The molecule has 7 heteroatoms. The first-order valence-electron chi connectivity index (χ1n) is 15.6. The van der Waals surface area contributed by atoms with E-state index in [1.54, 1.807) is 0 Å². The smallest absolute Gasteiger partial charge is 0.273 e. The number of aromatic nitrogens is 1. The Kier molecular flexibility index (Phi) is 10.3. The molecule has 1 saturated heterocycles. The predicted molar refractivity (Wildman–Crippen MR) is 177 cm³/mol. The summed E-state index contributed by atoms with van der Waals surface area (Å²) in [5.41, 5.74) is 5.17. The van der Waals surface area contributed by atoms with Gasteiger partial charge in [0.15, 0.2) is 0 Å². The van der Waals surface area contributed by atoms with Crippen LogP contribution in [-0.2, 0) is 32.7 Å². The Bertz CT molecular complexity index is 1630. The van der Waals surface area contributed by atoms with Gasteiger partial charge in [-0.15, -0.1) is 11.3 Å².